The molecule has 1 N–H and O–H groups in total. The van der Waals surface area contributed by atoms with Gasteiger partial charge in [0.2, 0.25) is 5.76 Å². The predicted octanol–water partition coefficient (Wildman–Crippen LogP) is 2.07. The number of para-hydroxylation sites is 1. The van der Waals surface area contributed by atoms with Crippen LogP contribution in [0.4, 0.5) is 5.69 Å². The molecule has 1 aromatic carbocycles. The first kappa shape index (κ1) is 14.7. The Morgan fingerprint density at radius 3 is 2.82 bits per heavy atom. The number of aromatic nitrogens is 1. The van der Waals surface area contributed by atoms with E-state index >= 15 is 0 Å². The average molecular weight is 301 g/mol. The minimum atomic E-state index is -0.282. The first-order chi connectivity index (χ1) is 10.7. The number of carbonyl (C=O) groups excluding carboxylic acids is 1. The summed E-state index contributed by atoms with van der Waals surface area (Å²) in [5, 5.41) is 6.64. The topological polar surface area (TPSA) is 67.6 Å². The standard InChI is InChI=1S/C16H19N3O3/c1-12-10-15(22-18-12)16(20)17-14-5-3-2-4-13(14)11-19-6-8-21-9-7-19/h2-5,10H,6-9,11H2,1H3,(H,17,20). The molecule has 0 radical (unpaired) electrons. The van der Waals surface area contributed by atoms with Crippen LogP contribution in [0.15, 0.2) is 34.9 Å². The molecule has 0 atom stereocenters. The summed E-state index contributed by atoms with van der Waals surface area (Å²) in [6.45, 7) is 5.90. The van der Waals surface area contributed by atoms with Gasteiger partial charge in [-0.25, -0.2) is 0 Å². The molecule has 22 heavy (non-hydrogen) atoms. The van der Waals surface area contributed by atoms with Crippen molar-refractivity contribution in [1.82, 2.24) is 10.1 Å². The first-order valence-electron chi connectivity index (χ1n) is 7.35. The highest BCUT2D eigenvalue weighted by Crippen LogP contribution is 2.19. The smallest absolute Gasteiger partial charge is 0.294 e. The van der Waals surface area contributed by atoms with Crippen molar-refractivity contribution in [2.75, 3.05) is 31.6 Å². The van der Waals surface area contributed by atoms with Gasteiger partial charge in [-0.1, -0.05) is 23.4 Å². The molecule has 6 heteroatoms. The number of nitrogens with zero attached hydrogens (tertiary/aromatic N) is 2. The van der Waals surface area contributed by atoms with Crippen molar-refractivity contribution in [3.63, 3.8) is 0 Å². The lowest BCUT2D eigenvalue weighted by molar-refractivity contribution is 0.0342. The first-order valence-corrected chi connectivity index (χ1v) is 7.35. The number of benzene rings is 1. The lowest BCUT2D eigenvalue weighted by Crippen LogP contribution is -2.35. The van der Waals surface area contributed by atoms with E-state index in [0.29, 0.717) is 5.69 Å². The number of aryl methyl sites for hydroxylation is 1. The number of carbonyl (C=O) groups is 1. The van der Waals surface area contributed by atoms with Crippen molar-refractivity contribution in [3.8, 4) is 0 Å². The molecule has 2 heterocycles. The van der Waals surface area contributed by atoms with Crippen LogP contribution in [0.25, 0.3) is 0 Å². The van der Waals surface area contributed by atoms with E-state index in [1.807, 2.05) is 24.3 Å². The van der Waals surface area contributed by atoms with Gasteiger partial charge in [0.15, 0.2) is 0 Å². The Morgan fingerprint density at radius 1 is 1.32 bits per heavy atom. The third-order valence-electron chi connectivity index (χ3n) is 3.61. The maximum atomic E-state index is 12.2. The van der Waals surface area contributed by atoms with Crippen molar-refractivity contribution < 1.29 is 14.1 Å². The highest BCUT2D eigenvalue weighted by molar-refractivity contribution is 6.02. The summed E-state index contributed by atoms with van der Waals surface area (Å²) in [5.74, 6) is -0.0614. The Hall–Kier alpha value is -2.18. The quantitative estimate of drug-likeness (QED) is 0.936. The van der Waals surface area contributed by atoms with Gasteiger partial charge in [0.1, 0.15) is 0 Å². The van der Waals surface area contributed by atoms with Gasteiger partial charge >= 0.3 is 0 Å². The van der Waals surface area contributed by atoms with E-state index in [9.17, 15) is 4.79 Å². The Labute approximate surface area is 129 Å². The molecule has 0 bridgehead atoms. The highest BCUT2D eigenvalue weighted by Gasteiger charge is 2.16. The third kappa shape index (κ3) is 3.52. The molecule has 1 saturated heterocycles. The molecule has 0 unspecified atom stereocenters. The van der Waals surface area contributed by atoms with Gasteiger partial charge in [-0.2, -0.15) is 0 Å². The van der Waals surface area contributed by atoms with E-state index in [1.54, 1.807) is 13.0 Å². The highest BCUT2D eigenvalue weighted by atomic mass is 16.5. The second-order valence-electron chi connectivity index (χ2n) is 5.33. The third-order valence-corrected chi connectivity index (χ3v) is 3.61. The number of hydrogen-bond acceptors (Lipinski definition) is 5. The fraction of sp³-hybridized carbons (Fsp3) is 0.375. The van der Waals surface area contributed by atoms with Gasteiger partial charge in [-0.15, -0.1) is 0 Å². The summed E-state index contributed by atoms with van der Waals surface area (Å²) >= 11 is 0. The second-order valence-corrected chi connectivity index (χ2v) is 5.33. The molecule has 116 valence electrons. The van der Waals surface area contributed by atoms with Crippen LogP contribution in [0, 0.1) is 6.92 Å². The maximum absolute atomic E-state index is 12.2. The maximum Gasteiger partial charge on any atom is 0.294 e. The van der Waals surface area contributed by atoms with E-state index in [0.717, 1.165) is 44.1 Å². The SMILES string of the molecule is Cc1cc(C(=O)Nc2ccccc2CN2CCOCC2)on1. The molecule has 1 aromatic heterocycles. The number of nitrogens with one attached hydrogen (secondary N) is 1. The largest absolute Gasteiger partial charge is 0.379 e. The Bertz CT molecular complexity index is 648. The summed E-state index contributed by atoms with van der Waals surface area (Å²) in [6.07, 6.45) is 0. The molecular weight excluding hydrogens is 282 g/mol. The lowest BCUT2D eigenvalue weighted by atomic mass is 10.1. The fourth-order valence-corrected chi connectivity index (χ4v) is 2.43. The molecule has 3 rings (SSSR count). The monoisotopic (exact) mass is 301 g/mol. The van der Waals surface area contributed by atoms with Crippen molar-refractivity contribution >= 4 is 11.6 Å². The van der Waals surface area contributed by atoms with Crippen LogP contribution in [-0.4, -0.2) is 42.3 Å². The van der Waals surface area contributed by atoms with Crippen molar-refractivity contribution in [2.45, 2.75) is 13.5 Å². The molecule has 1 aliphatic rings. The number of amides is 1. The van der Waals surface area contributed by atoms with Gasteiger partial charge < -0.3 is 14.6 Å². The lowest BCUT2D eigenvalue weighted by Gasteiger charge is -2.27. The summed E-state index contributed by atoms with van der Waals surface area (Å²) in [6, 6.07) is 9.43. The molecule has 0 spiro atoms. The van der Waals surface area contributed by atoms with E-state index in [2.05, 4.69) is 15.4 Å². The van der Waals surface area contributed by atoms with E-state index in [-0.39, 0.29) is 11.7 Å². The van der Waals surface area contributed by atoms with Gasteiger partial charge in [0.25, 0.3) is 5.91 Å². The van der Waals surface area contributed by atoms with Crippen LogP contribution in [-0.2, 0) is 11.3 Å². The van der Waals surface area contributed by atoms with Crippen LogP contribution >= 0.6 is 0 Å². The molecule has 2 aromatic rings. The van der Waals surface area contributed by atoms with E-state index in [1.165, 1.54) is 0 Å². The molecular formula is C16H19N3O3. The predicted molar refractivity (Wildman–Crippen MR) is 81.7 cm³/mol. The number of morpholine rings is 1. The summed E-state index contributed by atoms with van der Waals surface area (Å²) in [5.41, 5.74) is 2.56. The van der Waals surface area contributed by atoms with Gasteiger partial charge in [0.05, 0.1) is 18.9 Å². The Morgan fingerprint density at radius 2 is 2.09 bits per heavy atom. The number of rotatable bonds is 4. The molecule has 0 aliphatic carbocycles. The van der Waals surface area contributed by atoms with Gasteiger partial charge in [-0.05, 0) is 18.6 Å². The van der Waals surface area contributed by atoms with Crippen LogP contribution in [0.5, 0.6) is 0 Å². The van der Waals surface area contributed by atoms with Crippen LogP contribution in [0.1, 0.15) is 21.8 Å². The van der Waals surface area contributed by atoms with Gasteiger partial charge in [-0.3, -0.25) is 9.69 Å². The minimum Gasteiger partial charge on any atom is -0.379 e. The Balaban J connectivity index is 1.71. The molecule has 1 amide bonds. The van der Waals surface area contributed by atoms with Crippen molar-refractivity contribution in [2.24, 2.45) is 0 Å². The zero-order valence-corrected chi connectivity index (χ0v) is 12.5. The molecule has 6 nitrogen and oxygen atoms in total. The normalized spacial score (nSPS) is 15.7. The zero-order valence-electron chi connectivity index (χ0n) is 12.5. The van der Waals surface area contributed by atoms with Crippen LogP contribution in [0.2, 0.25) is 0 Å². The molecule has 1 aliphatic heterocycles. The van der Waals surface area contributed by atoms with Crippen LogP contribution in [0.3, 0.4) is 0 Å². The average Bonchev–Trinajstić information content (AvgIpc) is 2.97. The fourth-order valence-electron chi connectivity index (χ4n) is 2.43. The second kappa shape index (κ2) is 6.72. The van der Waals surface area contributed by atoms with Gasteiger partial charge in [0, 0.05) is 31.4 Å². The summed E-state index contributed by atoms with van der Waals surface area (Å²) in [4.78, 5) is 14.5. The Kier molecular flexibility index (Phi) is 4.50. The van der Waals surface area contributed by atoms with E-state index in [4.69, 9.17) is 9.26 Å². The minimum absolute atomic E-state index is 0.221. The van der Waals surface area contributed by atoms with Crippen LogP contribution < -0.4 is 5.32 Å². The number of anilines is 1. The zero-order chi connectivity index (χ0) is 15.4. The van der Waals surface area contributed by atoms with E-state index < -0.39 is 0 Å². The van der Waals surface area contributed by atoms with Crippen molar-refractivity contribution in [1.29, 1.82) is 0 Å². The summed E-state index contributed by atoms with van der Waals surface area (Å²) < 4.78 is 10.4. The molecule has 1 fully saturated rings. The summed E-state index contributed by atoms with van der Waals surface area (Å²) in [7, 11) is 0. The molecule has 0 saturated carbocycles. The number of ether oxygens (including phenoxy) is 1. The number of hydrogen-bond donors (Lipinski definition) is 1. The van der Waals surface area contributed by atoms with Crippen molar-refractivity contribution in [3.05, 3.63) is 47.3 Å².